The van der Waals surface area contributed by atoms with Gasteiger partial charge in [-0.05, 0) is 73.0 Å². The molecule has 7 aromatic carbocycles. The molecule has 1 aliphatic heterocycles. The van der Waals surface area contributed by atoms with Crippen molar-refractivity contribution in [3.8, 4) is 11.1 Å². The van der Waals surface area contributed by atoms with E-state index in [2.05, 4.69) is 36.1 Å². The van der Waals surface area contributed by atoms with Gasteiger partial charge in [-0.15, -0.1) is 0 Å². The van der Waals surface area contributed by atoms with Crippen LogP contribution in [0, 0.1) is 0 Å². The summed E-state index contributed by atoms with van der Waals surface area (Å²) in [4.78, 5) is 59.7. The molecule has 0 saturated carbocycles. The van der Waals surface area contributed by atoms with E-state index < -0.39 is 80.6 Å². The summed E-state index contributed by atoms with van der Waals surface area (Å²) in [7, 11) is -3.37. The summed E-state index contributed by atoms with van der Waals surface area (Å²) in [5.74, 6) is -2.79. The number of carbonyl (C=O) groups is 4. The van der Waals surface area contributed by atoms with Crippen molar-refractivity contribution < 1.29 is 52.0 Å². The van der Waals surface area contributed by atoms with Crippen molar-refractivity contribution >= 4 is 42.7 Å². The first-order valence-electron chi connectivity index (χ1n) is 25.4. The maximum absolute atomic E-state index is 14.2. The van der Waals surface area contributed by atoms with Crippen LogP contribution >= 0.6 is 0 Å². The number of nitrogens with one attached hydrogen (secondary N) is 1. The Balaban J connectivity index is 1.06. The van der Waals surface area contributed by atoms with Gasteiger partial charge in [0, 0.05) is 10.8 Å². The fourth-order valence-electron chi connectivity index (χ4n) is 10.1. The van der Waals surface area contributed by atoms with Crippen LogP contribution in [0.2, 0.25) is 5.04 Å². The summed E-state index contributed by atoms with van der Waals surface area (Å²) in [6.45, 7) is 5.20. The molecular formula is C61H58N4O11Si. The van der Waals surface area contributed by atoms with Crippen LogP contribution in [0.5, 0.6) is 0 Å². The Morgan fingerprint density at radius 2 is 1.10 bits per heavy atom. The summed E-state index contributed by atoms with van der Waals surface area (Å²) in [5.41, 5.74) is 15.3. The predicted molar refractivity (Wildman–Crippen MR) is 291 cm³/mol. The zero-order valence-corrected chi connectivity index (χ0v) is 43.8. The van der Waals surface area contributed by atoms with Crippen molar-refractivity contribution in [3.05, 3.63) is 238 Å². The fraction of sp³-hybridized carbons (Fsp3) is 0.246. The number of carbonyl (C=O) groups excluding carboxylic acids is 4. The number of azide groups is 1. The molecule has 6 atom stereocenters. The third-order valence-corrected chi connectivity index (χ3v) is 18.8. The molecule has 0 radical (unpaired) electrons. The molecule has 1 heterocycles. The van der Waals surface area contributed by atoms with E-state index in [1.54, 1.807) is 84.9 Å². The first-order valence-corrected chi connectivity index (χ1v) is 27.3. The van der Waals surface area contributed by atoms with Crippen molar-refractivity contribution in [1.29, 1.82) is 0 Å². The maximum Gasteiger partial charge on any atom is 0.407 e. The third kappa shape index (κ3) is 12.2. The zero-order chi connectivity index (χ0) is 53.8. The molecule has 2 aliphatic rings. The molecule has 1 amide bonds. The lowest BCUT2D eigenvalue weighted by molar-refractivity contribution is -0.264. The van der Waals surface area contributed by atoms with E-state index in [4.69, 9.17) is 32.8 Å². The molecule has 15 nitrogen and oxygen atoms in total. The second-order valence-electron chi connectivity index (χ2n) is 19.6. The SMILES string of the molecule is CC(C)(C)[Si](OC[C@H]1O[C@H](OC[C@H](NC(=O)OCC2c3ccccc3-c3ccccc32)C(=O)OCc2ccccc2)[C@H](N=[N+]=[N-])[C@@H](OC(=O)c2ccccc2)[C@H]1OC(=O)c1ccccc1)(c1ccccc1)c1ccccc1. The van der Waals surface area contributed by atoms with E-state index in [1.807, 2.05) is 115 Å². The lowest BCUT2D eigenvalue weighted by Gasteiger charge is -2.47. The van der Waals surface area contributed by atoms with Gasteiger partial charge < -0.3 is 38.2 Å². The van der Waals surface area contributed by atoms with Gasteiger partial charge in [0.05, 0.1) is 24.3 Å². The van der Waals surface area contributed by atoms with Gasteiger partial charge in [-0.25, -0.2) is 19.2 Å². The number of nitrogens with zero attached hydrogens (tertiary/aromatic N) is 3. The molecule has 1 aliphatic carbocycles. The van der Waals surface area contributed by atoms with Crippen molar-refractivity contribution in [2.45, 2.75) is 75.0 Å². The lowest BCUT2D eigenvalue weighted by Crippen LogP contribution is -2.68. The number of rotatable bonds is 19. The van der Waals surface area contributed by atoms with E-state index in [0.29, 0.717) is 5.56 Å². The first-order chi connectivity index (χ1) is 37.4. The minimum atomic E-state index is -3.37. The lowest BCUT2D eigenvalue weighted by atomic mass is 9.96. The van der Waals surface area contributed by atoms with Crippen LogP contribution in [0.15, 0.2) is 205 Å². The number of ether oxygens (including phenoxy) is 6. The summed E-state index contributed by atoms with van der Waals surface area (Å²) in [6.07, 6.45) is -6.95. The van der Waals surface area contributed by atoms with Gasteiger partial charge in [-0.1, -0.05) is 202 Å². The van der Waals surface area contributed by atoms with E-state index in [1.165, 1.54) is 0 Å². The number of alkyl carbamates (subject to hydrolysis) is 1. The van der Waals surface area contributed by atoms with Gasteiger partial charge >= 0.3 is 24.0 Å². The van der Waals surface area contributed by atoms with Gasteiger partial charge in [-0.3, -0.25) is 0 Å². The maximum atomic E-state index is 14.2. The number of hydrogen-bond acceptors (Lipinski definition) is 12. The molecule has 392 valence electrons. The third-order valence-electron chi connectivity index (χ3n) is 13.8. The number of fused-ring (bicyclic) bond motifs is 3. The summed E-state index contributed by atoms with van der Waals surface area (Å²) in [6, 6.07) is 57.8. The highest BCUT2D eigenvalue weighted by Crippen LogP contribution is 2.45. The second kappa shape index (κ2) is 24.5. The monoisotopic (exact) mass is 1050 g/mol. The van der Waals surface area contributed by atoms with Gasteiger partial charge in [-0.2, -0.15) is 0 Å². The Morgan fingerprint density at radius 3 is 1.62 bits per heavy atom. The van der Waals surface area contributed by atoms with E-state index >= 15 is 0 Å². The van der Waals surface area contributed by atoms with E-state index in [0.717, 1.165) is 32.6 Å². The molecule has 1 saturated heterocycles. The Bertz CT molecular complexity index is 3090. The van der Waals surface area contributed by atoms with Crippen molar-refractivity contribution in [2.24, 2.45) is 5.11 Å². The van der Waals surface area contributed by atoms with Crippen molar-refractivity contribution in [1.82, 2.24) is 5.32 Å². The largest absolute Gasteiger partial charge is 0.459 e. The zero-order valence-electron chi connectivity index (χ0n) is 42.8. The number of amides is 1. The number of esters is 3. The summed E-state index contributed by atoms with van der Waals surface area (Å²) in [5, 5.41) is 8.07. The number of benzene rings is 7. The second-order valence-corrected chi connectivity index (χ2v) is 23.9. The van der Waals surface area contributed by atoms with E-state index in [9.17, 15) is 24.7 Å². The summed E-state index contributed by atoms with van der Waals surface area (Å²) >= 11 is 0. The quantitative estimate of drug-likeness (QED) is 0.0202. The van der Waals surface area contributed by atoms with Crippen LogP contribution in [0.25, 0.3) is 21.6 Å². The predicted octanol–water partition coefficient (Wildman–Crippen LogP) is 10.1. The minimum Gasteiger partial charge on any atom is -0.459 e. The van der Waals surface area contributed by atoms with Crippen LogP contribution in [0.3, 0.4) is 0 Å². The minimum absolute atomic E-state index is 0.0538. The summed E-state index contributed by atoms with van der Waals surface area (Å²) < 4.78 is 44.9. The molecule has 0 unspecified atom stereocenters. The van der Waals surface area contributed by atoms with Crippen LogP contribution in [-0.4, -0.2) is 88.8 Å². The van der Waals surface area contributed by atoms with Crippen LogP contribution in [0.1, 0.15) is 64.1 Å². The fourth-order valence-corrected chi connectivity index (χ4v) is 14.7. The molecule has 77 heavy (non-hydrogen) atoms. The Morgan fingerprint density at radius 1 is 0.623 bits per heavy atom. The van der Waals surface area contributed by atoms with Crippen molar-refractivity contribution in [2.75, 3.05) is 19.8 Å². The highest BCUT2D eigenvalue weighted by atomic mass is 28.4. The average Bonchev–Trinajstić information content (AvgIpc) is 3.81. The van der Waals surface area contributed by atoms with Crippen LogP contribution in [0.4, 0.5) is 4.79 Å². The van der Waals surface area contributed by atoms with Crippen LogP contribution < -0.4 is 15.7 Å². The Hall–Kier alpha value is -8.37. The highest BCUT2D eigenvalue weighted by molar-refractivity contribution is 6.99. The molecule has 16 heteroatoms. The molecule has 0 bridgehead atoms. The average molecular weight is 1050 g/mol. The Labute approximate surface area is 447 Å². The van der Waals surface area contributed by atoms with Gasteiger partial charge in [0.15, 0.2) is 24.5 Å². The van der Waals surface area contributed by atoms with Gasteiger partial charge in [0.1, 0.15) is 25.4 Å². The molecule has 7 aromatic rings. The van der Waals surface area contributed by atoms with Crippen LogP contribution in [-0.2, 0) is 44.2 Å². The molecule has 1 fully saturated rings. The molecule has 1 N–H and O–H groups in total. The molecule has 9 rings (SSSR count). The smallest absolute Gasteiger partial charge is 0.407 e. The van der Waals surface area contributed by atoms with Crippen molar-refractivity contribution in [3.63, 3.8) is 0 Å². The first kappa shape index (κ1) is 53.5. The normalized spacial score (nSPS) is 18.3. The number of hydrogen-bond donors (Lipinski definition) is 1. The highest BCUT2D eigenvalue weighted by Gasteiger charge is 2.55. The topological polar surface area (TPSA) is 194 Å². The Kier molecular flexibility index (Phi) is 17.0. The molecular weight excluding hydrogens is 993 g/mol. The standard InChI is InChI=1S/C61H58N4O11Si/c1-61(2,3)77(44-29-15-7-16-30-44,45-31-17-8-18-32-45)73-40-52-54(75-56(66)42-25-11-5-12-26-42)55(76-57(67)43-27-13-6-14-28-43)53(64-65-62)59(74-52)71-39-51(58(68)70-37-41-23-9-4-10-24-41)63-60(69)72-38-50-48-35-21-19-33-46(48)47-34-20-22-36-49(47)50/h4-36,50-55,59H,37-40H2,1-3H3,(H,63,69)/t51-,52+,53+,54-,55+,59-/m0/s1. The molecule has 0 aromatic heterocycles. The van der Waals surface area contributed by atoms with E-state index in [-0.39, 0.29) is 36.9 Å². The molecule has 0 spiro atoms. The van der Waals surface area contributed by atoms with Gasteiger partial charge in [0.2, 0.25) is 0 Å². The van der Waals surface area contributed by atoms with Gasteiger partial charge in [0.25, 0.3) is 8.32 Å².